The Morgan fingerprint density at radius 2 is 2.12 bits per heavy atom. The standard InChI is InChI=1S/C11H10N4OS/c12-10-13-11-15(14-10)9(16)6-8(17-11)7-4-2-1-3-5-7/h1-5,8H,6H2,(H2,12,14). The van der Waals surface area contributed by atoms with Crippen LogP contribution in [0.1, 0.15) is 22.0 Å². The van der Waals surface area contributed by atoms with Crippen molar-refractivity contribution in [2.45, 2.75) is 16.8 Å². The second-order valence-corrected chi connectivity index (χ2v) is 4.95. The van der Waals surface area contributed by atoms with Crippen LogP contribution in [0.5, 0.6) is 0 Å². The minimum Gasteiger partial charge on any atom is -0.366 e. The lowest BCUT2D eigenvalue weighted by Crippen LogP contribution is -2.20. The first-order valence-electron chi connectivity index (χ1n) is 5.21. The predicted molar refractivity (Wildman–Crippen MR) is 64.7 cm³/mol. The van der Waals surface area contributed by atoms with Crippen molar-refractivity contribution in [3.8, 4) is 0 Å². The van der Waals surface area contributed by atoms with E-state index in [-0.39, 0.29) is 17.1 Å². The maximum Gasteiger partial charge on any atom is 0.250 e. The highest BCUT2D eigenvalue weighted by atomic mass is 32.2. The quantitative estimate of drug-likeness (QED) is 0.829. The minimum absolute atomic E-state index is 0.0585. The van der Waals surface area contributed by atoms with Crippen molar-refractivity contribution in [2.75, 3.05) is 5.73 Å². The van der Waals surface area contributed by atoms with E-state index in [2.05, 4.69) is 10.1 Å². The van der Waals surface area contributed by atoms with Crippen LogP contribution in [0.3, 0.4) is 0 Å². The van der Waals surface area contributed by atoms with Gasteiger partial charge in [-0.2, -0.15) is 9.67 Å². The van der Waals surface area contributed by atoms with Gasteiger partial charge in [-0.05, 0) is 5.56 Å². The molecule has 0 saturated carbocycles. The van der Waals surface area contributed by atoms with Gasteiger partial charge in [0.05, 0.1) is 0 Å². The zero-order valence-electron chi connectivity index (χ0n) is 8.91. The summed E-state index contributed by atoms with van der Waals surface area (Å²) in [5.74, 6) is 0.0892. The molecule has 1 unspecified atom stereocenters. The zero-order valence-corrected chi connectivity index (χ0v) is 9.72. The van der Waals surface area contributed by atoms with Crippen LogP contribution in [0, 0.1) is 0 Å². The second-order valence-electron chi connectivity index (χ2n) is 3.78. The molecule has 5 nitrogen and oxygen atoms in total. The predicted octanol–water partition coefficient (Wildman–Crippen LogP) is 1.74. The van der Waals surface area contributed by atoms with Crippen LogP contribution in [0.15, 0.2) is 35.5 Å². The lowest BCUT2D eigenvalue weighted by atomic mass is 10.1. The second kappa shape index (κ2) is 3.89. The van der Waals surface area contributed by atoms with Crippen molar-refractivity contribution in [2.24, 2.45) is 0 Å². The Morgan fingerprint density at radius 1 is 1.35 bits per heavy atom. The van der Waals surface area contributed by atoms with Gasteiger partial charge >= 0.3 is 0 Å². The van der Waals surface area contributed by atoms with Crippen LogP contribution in [0.4, 0.5) is 5.95 Å². The summed E-state index contributed by atoms with van der Waals surface area (Å²) in [7, 11) is 0. The fourth-order valence-electron chi connectivity index (χ4n) is 1.82. The number of nitrogens with two attached hydrogens (primary N) is 1. The smallest absolute Gasteiger partial charge is 0.250 e. The van der Waals surface area contributed by atoms with Crippen LogP contribution in [-0.4, -0.2) is 20.7 Å². The van der Waals surface area contributed by atoms with E-state index in [0.717, 1.165) is 5.56 Å². The maximum absolute atomic E-state index is 11.9. The number of carbonyl (C=O) groups excluding carboxylic acids is 1. The van der Waals surface area contributed by atoms with Gasteiger partial charge in [0, 0.05) is 11.7 Å². The van der Waals surface area contributed by atoms with Crippen molar-refractivity contribution >= 4 is 23.6 Å². The molecule has 0 radical (unpaired) electrons. The molecular weight excluding hydrogens is 236 g/mol. The Kier molecular flexibility index (Phi) is 2.36. The monoisotopic (exact) mass is 246 g/mol. The summed E-state index contributed by atoms with van der Waals surface area (Å²) >= 11 is 1.52. The minimum atomic E-state index is -0.0585. The number of anilines is 1. The molecule has 86 valence electrons. The molecule has 2 N–H and O–H groups in total. The van der Waals surface area contributed by atoms with E-state index in [1.54, 1.807) is 0 Å². The molecule has 0 bridgehead atoms. The highest BCUT2D eigenvalue weighted by Crippen LogP contribution is 2.40. The molecule has 1 atom stereocenters. The number of hydrogen-bond acceptors (Lipinski definition) is 5. The molecule has 17 heavy (non-hydrogen) atoms. The Hall–Kier alpha value is -1.82. The molecule has 1 aromatic heterocycles. The maximum atomic E-state index is 11.9. The van der Waals surface area contributed by atoms with Crippen LogP contribution in [0.2, 0.25) is 0 Å². The molecular formula is C11H10N4OS. The fraction of sp³-hybridized carbons (Fsp3) is 0.182. The molecule has 0 spiro atoms. The molecule has 1 aliphatic rings. The van der Waals surface area contributed by atoms with Crippen LogP contribution >= 0.6 is 11.8 Å². The van der Waals surface area contributed by atoms with Gasteiger partial charge in [0.1, 0.15) is 0 Å². The van der Waals surface area contributed by atoms with Gasteiger partial charge in [0.25, 0.3) is 5.91 Å². The Morgan fingerprint density at radius 3 is 2.88 bits per heavy atom. The largest absolute Gasteiger partial charge is 0.366 e. The average Bonchev–Trinajstić information content (AvgIpc) is 2.71. The first-order chi connectivity index (χ1) is 8.24. The van der Waals surface area contributed by atoms with E-state index in [1.807, 2.05) is 30.3 Å². The van der Waals surface area contributed by atoms with Crippen molar-refractivity contribution in [1.82, 2.24) is 14.8 Å². The summed E-state index contributed by atoms with van der Waals surface area (Å²) in [6, 6.07) is 9.92. The molecule has 0 amide bonds. The molecule has 0 aliphatic carbocycles. The number of aromatic nitrogens is 3. The summed E-state index contributed by atoms with van der Waals surface area (Å²) in [6.45, 7) is 0. The number of fused-ring (bicyclic) bond motifs is 1. The topological polar surface area (TPSA) is 73.8 Å². The third-order valence-electron chi connectivity index (χ3n) is 2.61. The summed E-state index contributed by atoms with van der Waals surface area (Å²) < 4.78 is 1.29. The third kappa shape index (κ3) is 1.80. The number of nitrogens with zero attached hydrogens (tertiary/aromatic N) is 3. The van der Waals surface area contributed by atoms with E-state index in [9.17, 15) is 4.79 Å². The molecule has 1 aliphatic heterocycles. The average molecular weight is 246 g/mol. The van der Waals surface area contributed by atoms with Gasteiger partial charge in [0.2, 0.25) is 5.95 Å². The number of nitrogen functional groups attached to an aromatic ring is 1. The van der Waals surface area contributed by atoms with Gasteiger partial charge in [-0.25, -0.2) is 0 Å². The number of carbonyl (C=O) groups is 1. The number of benzene rings is 1. The Labute approximate surface area is 102 Å². The molecule has 2 aromatic rings. The summed E-state index contributed by atoms with van der Waals surface area (Å²) in [5, 5.41) is 4.55. The fourth-order valence-corrected chi connectivity index (χ4v) is 2.98. The lowest BCUT2D eigenvalue weighted by Gasteiger charge is -2.20. The molecule has 1 aromatic carbocycles. The zero-order chi connectivity index (χ0) is 11.8. The normalized spacial score (nSPS) is 19.1. The van der Waals surface area contributed by atoms with E-state index in [4.69, 9.17) is 5.73 Å². The van der Waals surface area contributed by atoms with E-state index in [0.29, 0.717) is 11.6 Å². The highest BCUT2D eigenvalue weighted by molar-refractivity contribution is 7.99. The molecule has 0 saturated heterocycles. The summed E-state index contributed by atoms with van der Waals surface area (Å²) in [6.07, 6.45) is 0.421. The Bertz CT molecular complexity index is 566. The van der Waals surface area contributed by atoms with Crippen LogP contribution in [-0.2, 0) is 0 Å². The first-order valence-corrected chi connectivity index (χ1v) is 6.09. The SMILES string of the molecule is Nc1nc2n(n1)C(=O)CC(c1ccccc1)S2. The van der Waals surface area contributed by atoms with Crippen LogP contribution in [0.25, 0.3) is 0 Å². The van der Waals surface area contributed by atoms with Gasteiger partial charge in [-0.3, -0.25) is 4.79 Å². The molecule has 2 heterocycles. The number of thioether (sulfide) groups is 1. The van der Waals surface area contributed by atoms with Crippen molar-refractivity contribution < 1.29 is 4.79 Å². The van der Waals surface area contributed by atoms with Gasteiger partial charge in [0.15, 0.2) is 5.16 Å². The number of rotatable bonds is 1. The molecule has 3 rings (SSSR count). The molecule has 0 fully saturated rings. The van der Waals surface area contributed by atoms with Crippen molar-refractivity contribution in [3.63, 3.8) is 0 Å². The van der Waals surface area contributed by atoms with Gasteiger partial charge < -0.3 is 5.73 Å². The lowest BCUT2D eigenvalue weighted by molar-refractivity contribution is 0.0868. The van der Waals surface area contributed by atoms with Gasteiger partial charge in [-0.1, -0.05) is 42.1 Å². The summed E-state index contributed by atoms with van der Waals surface area (Å²) in [5.41, 5.74) is 6.62. The number of hydrogen-bond donors (Lipinski definition) is 1. The van der Waals surface area contributed by atoms with Crippen molar-refractivity contribution in [3.05, 3.63) is 35.9 Å². The molecule has 6 heteroatoms. The van der Waals surface area contributed by atoms with Crippen molar-refractivity contribution in [1.29, 1.82) is 0 Å². The Balaban J connectivity index is 1.96. The highest BCUT2D eigenvalue weighted by Gasteiger charge is 2.29. The van der Waals surface area contributed by atoms with Gasteiger partial charge in [-0.15, -0.1) is 5.10 Å². The summed E-state index contributed by atoms with van der Waals surface area (Å²) in [4.78, 5) is 15.9. The van der Waals surface area contributed by atoms with E-state index in [1.165, 1.54) is 16.4 Å². The first kappa shape index (κ1) is 10.3. The third-order valence-corrected chi connectivity index (χ3v) is 3.81. The van der Waals surface area contributed by atoms with Crippen LogP contribution < -0.4 is 5.73 Å². The van der Waals surface area contributed by atoms with E-state index >= 15 is 0 Å². The van der Waals surface area contributed by atoms with E-state index < -0.39 is 0 Å².